The van der Waals surface area contributed by atoms with Crippen molar-refractivity contribution in [1.82, 2.24) is 10.3 Å². The summed E-state index contributed by atoms with van der Waals surface area (Å²) < 4.78 is 0. The summed E-state index contributed by atoms with van der Waals surface area (Å²) in [6.07, 6.45) is 0.858. The van der Waals surface area contributed by atoms with E-state index in [0.717, 1.165) is 0 Å². The van der Waals surface area contributed by atoms with Gasteiger partial charge in [0.2, 0.25) is 0 Å². The molecule has 0 bridgehead atoms. The second-order valence-electron chi connectivity index (χ2n) is 4.04. The minimum absolute atomic E-state index is 0.155. The standard InChI is InChI=1S/C12H15N3O5/c13-6-8-5-7(3-4-14-8)11(18)15-9(12(19)20)1-2-10(16)17/h3-5,9H,1-2,6,13H2,(H,15,18)(H,16,17)(H,19,20). The van der Waals surface area contributed by atoms with Gasteiger partial charge in [0.1, 0.15) is 6.04 Å². The van der Waals surface area contributed by atoms with E-state index in [2.05, 4.69) is 10.3 Å². The van der Waals surface area contributed by atoms with Crippen molar-refractivity contribution in [2.75, 3.05) is 0 Å². The van der Waals surface area contributed by atoms with Crippen molar-refractivity contribution in [3.05, 3.63) is 29.6 Å². The summed E-state index contributed by atoms with van der Waals surface area (Å²) in [4.78, 5) is 37.2. The number of pyridine rings is 1. The monoisotopic (exact) mass is 281 g/mol. The first kappa shape index (κ1) is 15.6. The number of hydrogen-bond acceptors (Lipinski definition) is 5. The third kappa shape index (κ3) is 4.65. The number of hydrogen-bond donors (Lipinski definition) is 4. The van der Waals surface area contributed by atoms with Gasteiger partial charge in [-0.2, -0.15) is 0 Å². The molecule has 0 fully saturated rings. The molecule has 8 nitrogen and oxygen atoms in total. The van der Waals surface area contributed by atoms with Crippen LogP contribution in [0, 0.1) is 0 Å². The van der Waals surface area contributed by atoms with Gasteiger partial charge in [0, 0.05) is 24.7 Å². The highest BCUT2D eigenvalue weighted by Gasteiger charge is 2.21. The highest BCUT2D eigenvalue weighted by atomic mass is 16.4. The number of carbonyl (C=O) groups excluding carboxylic acids is 1. The van der Waals surface area contributed by atoms with Crippen LogP contribution in [-0.2, 0) is 16.1 Å². The van der Waals surface area contributed by atoms with E-state index in [1.54, 1.807) is 0 Å². The Kier molecular flexibility index (Phi) is 5.60. The fraction of sp³-hybridized carbons (Fsp3) is 0.333. The van der Waals surface area contributed by atoms with Crippen LogP contribution >= 0.6 is 0 Å². The lowest BCUT2D eigenvalue weighted by atomic mass is 10.1. The van der Waals surface area contributed by atoms with Crippen molar-refractivity contribution >= 4 is 17.8 Å². The molecule has 1 aromatic heterocycles. The fourth-order valence-electron chi connectivity index (χ4n) is 1.50. The molecule has 0 radical (unpaired) electrons. The van der Waals surface area contributed by atoms with Crippen molar-refractivity contribution in [3.8, 4) is 0 Å². The Hall–Kier alpha value is -2.48. The van der Waals surface area contributed by atoms with E-state index < -0.39 is 23.9 Å². The lowest BCUT2D eigenvalue weighted by molar-refractivity contribution is -0.140. The largest absolute Gasteiger partial charge is 0.481 e. The maximum atomic E-state index is 11.9. The number of carboxylic acids is 2. The van der Waals surface area contributed by atoms with Gasteiger partial charge in [0.25, 0.3) is 5.91 Å². The van der Waals surface area contributed by atoms with Crippen LogP contribution in [0.5, 0.6) is 0 Å². The van der Waals surface area contributed by atoms with Crippen LogP contribution in [0.25, 0.3) is 0 Å². The molecule has 0 aliphatic heterocycles. The zero-order valence-corrected chi connectivity index (χ0v) is 10.6. The molecule has 0 spiro atoms. The molecule has 0 aromatic carbocycles. The minimum Gasteiger partial charge on any atom is -0.481 e. The lowest BCUT2D eigenvalue weighted by Gasteiger charge is -2.13. The fourth-order valence-corrected chi connectivity index (χ4v) is 1.50. The second-order valence-corrected chi connectivity index (χ2v) is 4.04. The van der Waals surface area contributed by atoms with Gasteiger partial charge in [-0.15, -0.1) is 0 Å². The molecule has 1 unspecified atom stereocenters. The zero-order valence-electron chi connectivity index (χ0n) is 10.6. The van der Waals surface area contributed by atoms with Gasteiger partial charge in [0.15, 0.2) is 0 Å². The van der Waals surface area contributed by atoms with Crippen molar-refractivity contribution in [2.45, 2.75) is 25.4 Å². The zero-order chi connectivity index (χ0) is 15.1. The van der Waals surface area contributed by atoms with Crippen molar-refractivity contribution in [1.29, 1.82) is 0 Å². The molecular formula is C12H15N3O5. The van der Waals surface area contributed by atoms with Crippen LogP contribution in [-0.4, -0.2) is 39.1 Å². The highest BCUT2D eigenvalue weighted by molar-refractivity contribution is 5.96. The van der Waals surface area contributed by atoms with E-state index in [4.69, 9.17) is 15.9 Å². The first-order valence-electron chi connectivity index (χ1n) is 5.84. The van der Waals surface area contributed by atoms with Crippen LogP contribution in [0.1, 0.15) is 28.9 Å². The van der Waals surface area contributed by atoms with E-state index in [-0.39, 0.29) is 24.9 Å². The van der Waals surface area contributed by atoms with Crippen LogP contribution < -0.4 is 11.1 Å². The SMILES string of the molecule is NCc1cc(C(=O)NC(CCC(=O)O)C(=O)O)ccn1. The molecular weight excluding hydrogens is 266 g/mol. The van der Waals surface area contributed by atoms with Gasteiger partial charge in [0.05, 0.1) is 5.69 Å². The van der Waals surface area contributed by atoms with E-state index in [9.17, 15) is 14.4 Å². The molecule has 108 valence electrons. The Morgan fingerprint density at radius 2 is 2.05 bits per heavy atom. The summed E-state index contributed by atoms with van der Waals surface area (Å²) in [5.41, 5.74) is 6.12. The maximum absolute atomic E-state index is 11.9. The van der Waals surface area contributed by atoms with Gasteiger partial charge in [-0.25, -0.2) is 4.79 Å². The van der Waals surface area contributed by atoms with Crippen LogP contribution in [0.2, 0.25) is 0 Å². The molecule has 0 saturated carbocycles. The number of carboxylic acid groups (broad SMARTS) is 2. The second kappa shape index (κ2) is 7.19. The smallest absolute Gasteiger partial charge is 0.326 e. The maximum Gasteiger partial charge on any atom is 0.326 e. The highest BCUT2D eigenvalue weighted by Crippen LogP contribution is 2.04. The summed E-state index contributed by atoms with van der Waals surface area (Å²) in [6.45, 7) is 0.155. The van der Waals surface area contributed by atoms with Crippen LogP contribution in [0.3, 0.4) is 0 Å². The van der Waals surface area contributed by atoms with Crippen LogP contribution in [0.4, 0.5) is 0 Å². The Bertz CT molecular complexity index is 518. The third-order valence-electron chi connectivity index (χ3n) is 2.54. The first-order chi connectivity index (χ1) is 9.43. The summed E-state index contributed by atoms with van der Waals surface area (Å²) in [5.74, 6) is -3.02. The van der Waals surface area contributed by atoms with Crippen LogP contribution in [0.15, 0.2) is 18.3 Å². The van der Waals surface area contributed by atoms with E-state index >= 15 is 0 Å². The number of aromatic nitrogens is 1. The minimum atomic E-state index is -1.28. The normalized spacial score (nSPS) is 11.7. The molecule has 1 amide bonds. The quantitative estimate of drug-likeness (QED) is 0.532. The van der Waals surface area contributed by atoms with E-state index in [1.165, 1.54) is 18.3 Å². The molecule has 0 aliphatic carbocycles. The van der Waals surface area contributed by atoms with Gasteiger partial charge in [-0.05, 0) is 18.6 Å². The molecule has 0 aliphatic rings. The summed E-state index contributed by atoms with van der Waals surface area (Å²) >= 11 is 0. The van der Waals surface area contributed by atoms with Crippen molar-refractivity contribution in [2.24, 2.45) is 5.73 Å². The molecule has 5 N–H and O–H groups in total. The Morgan fingerprint density at radius 1 is 1.35 bits per heavy atom. The average molecular weight is 281 g/mol. The van der Waals surface area contributed by atoms with Crippen molar-refractivity contribution < 1.29 is 24.6 Å². The Morgan fingerprint density at radius 3 is 2.60 bits per heavy atom. The number of rotatable bonds is 7. The molecule has 8 heteroatoms. The first-order valence-corrected chi connectivity index (χ1v) is 5.84. The van der Waals surface area contributed by atoms with E-state index in [1.807, 2.05) is 0 Å². The number of nitrogens with zero attached hydrogens (tertiary/aromatic N) is 1. The predicted molar refractivity (Wildman–Crippen MR) is 67.9 cm³/mol. The molecule has 0 saturated heterocycles. The number of nitrogens with one attached hydrogen (secondary N) is 1. The number of amides is 1. The molecule has 1 atom stereocenters. The summed E-state index contributed by atoms with van der Waals surface area (Å²) in [6, 6.07) is 1.61. The average Bonchev–Trinajstić information content (AvgIpc) is 2.42. The Labute approximate surface area is 114 Å². The topological polar surface area (TPSA) is 143 Å². The van der Waals surface area contributed by atoms with Gasteiger partial charge in [-0.3, -0.25) is 14.6 Å². The van der Waals surface area contributed by atoms with Crippen molar-refractivity contribution in [3.63, 3.8) is 0 Å². The summed E-state index contributed by atoms with van der Waals surface area (Å²) in [5, 5.41) is 19.7. The van der Waals surface area contributed by atoms with Gasteiger partial charge in [-0.1, -0.05) is 0 Å². The third-order valence-corrected chi connectivity index (χ3v) is 2.54. The molecule has 20 heavy (non-hydrogen) atoms. The van der Waals surface area contributed by atoms with E-state index in [0.29, 0.717) is 5.69 Å². The number of carbonyl (C=O) groups is 3. The summed E-state index contributed by atoms with van der Waals surface area (Å²) in [7, 11) is 0. The van der Waals surface area contributed by atoms with Gasteiger partial charge < -0.3 is 21.3 Å². The molecule has 1 rings (SSSR count). The molecule has 1 heterocycles. The lowest BCUT2D eigenvalue weighted by Crippen LogP contribution is -2.41. The molecule has 1 aromatic rings. The van der Waals surface area contributed by atoms with Gasteiger partial charge >= 0.3 is 11.9 Å². The predicted octanol–water partition coefficient (Wildman–Crippen LogP) is -0.412. The number of nitrogens with two attached hydrogens (primary N) is 1. The Balaban J connectivity index is 2.74. The number of aliphatic carboxylic acids is 2.